The number of thioether (sulfide) groups is 1. The van der Waals surface area contributed by atoms with E-state index in [9.17, 15) is 22.8 Å². The highest BCUT2D eigenvalue weighted by molar-refractivity contribution is 8.04. The van der Waals surface area contributed by atoms with Crippen molar-refractivity contribution in [2.75, 3.05) is 18.4 Å². The Morgan fingerprint density at radius 3 is 2.66 bits per heavy atom. The minimum absolute atomic E-state index is 0.173. The third-order valence-corrected chi connectivity index (χ3v) is 4.84. The largest absolute Gasteiger partial charge is 0.433 e. The highest BCUT2D eigenvalue weighted by Crippen LogP contribution is 2.44. The molecule has 0 spiro atoms. The highest BCUT2D eigenvalue weighted by Gasteiger charge is 2.34. The molecule has 0 atom stereocenters. The first kappa shape index (κ1) is 20.6. The number of nitrogens with zero attached hydrogens (tertiary/aromatic N) is 2. The van der Waals surface area contributed by atoms with E-state index in [1.54, 1.807) is 18.2 Å². The van der Waals surface area contributed by atoms with Gasteiger partial charge in [-0.15, -0.1) is 0 Å². The number of rotatable bonds is 5. The topological polar surface area (TPSA) is 136 Å². The highest BCUT2D eigenvalue weighted by atomic mass is 32.2. The molecule has 2 heterocycles. The molecule has 0 bridgehead atoms. The van der Waals surface area contributed by atoms with Crippen LogP contribution in [-0.2, 0) is 11.0 Å². The van der Waals surface area contributed by atoms with Gasteiger partial charge < -0.3 is 22.1 Å². The zero-order valence-corrected chi connectivity index (χ0v) is 15.5. The predicted octanol–water partition coefficient (Wildman–Crippen LogP) is 1.56. The van der Waals surface area contributed by atoms with Crippen molar-refractivity contribution in [3.63, 3.8) is 0 Å². The number of benzene rings is 1. The van der Waals surface area contributed by atoms with Gasteiger partial charge in [-0.2, -0.15) is 13.2 Å². The lowest BCUT2D eigenvalue weighted by molar-refractivity contribution is -0.141. The third kappa shape index (κ3) is 4.49. The Kier molecular flexibility index (Phi) is 5.75. The summed E-state index contributed by atoms with van der Waals surface area (Å²) in [4.78, 5) is 31.8. The van der Waals surface area contributed by atoms with Crippen LogP contribution in [0.15, 0.2) is 40.4 Å². The van der Waals surface area contributed by atoms with Gasteiger partial charge in [0.1, 0.15) is 11.3 Å². The van der Waals surface area contributed by atoms with Crippen molar-refractivity contribution in [3.8, 4) is 0 Å². The monoisotopic (exact) mass is 424 g/mol. The van der Waals surface area contributed by atoms with Crippen LogP contribution in [-0.4, -0.2) is 34.9 Å². The predicted molar refractivity (Wildman–Crippen MR) is 100 cm³/mol. The van der Waals surface area contributed by atoms with Gasteiger partial charge in [-0.25, -0.2) is 9.97 Å². The normalized spacial score (nSPS) is 14.8. The van der Waals surface area contributed by atoms with Crippen LogP contribution in [0.2, 0.25) is 0 Å². The molecule has 12 heteroatoms. The molecule has 0 saturated carbocycles. The van der Waals surface area contributed by atoms with Gasteiger partial charge in [-0.05, 0) is 24.3 Å². The number of fused-ring (bicyclic) bond motifs is 1. The summed E-state index contributed by atoms with van der Waals surface area (Å²) in [7, 11) is 0. The summed E-state index contributed by atoms with van der Waals surface area (Å²) < 4.78 is 38.8. The Balaban J connectivity index is 1.96. The number of alkyl halides is 3. The van der Waals surface area contributed by atoms with Crippen molar-refractivity contribution in [1.82, 2.24) is 15.3 Å². The number of nitrogens with one attached hydrogen (secondary N) is 2. The zero-order chi connectivity index (χ0) is 21.2. The van der Waals surface area contributed by atoms with Crippen molar-refractivity contribution in [2.24, 2.45) is 11.5 Å². The van der Waals surface area contributed by atoms with Gasteiger partial charge in [0, 0.05) is 29.7 Å². The molecular formula is C17H15F3N6O2S. The summed E-state index contributed by atoms with van der Waals surface area (Å²) in [6, 6.07) is 5.45. The maximum absolute atomic E-state index is 12.9. The quantitative estimate of drug-likeness (QED) is 0.535. The van der Waals surface area contributed by atoms with E-state index >= 15 is 0 Å². The molecule has 2 aromatic rings. The molecule has 0 aliphatic carbocycles. The minimum atomic E-state index is -4.70. The lowest BCUT2D eigenvalue weighted by Gasteiger charge is -2.09. The van der Waals surface area contributed by atoms with Crippen LogP contribution in [0.1, 0.15) is 21.9 Å². The third-order valence-electron chi connectivity index (χ3n) is 3.78. The van der Waals surface area contributed by atoms with E-state index in [1.807, 2.05) is 0 Å². The average Bonchev–Trinajstić information content (AvgIpc) is 3.07. The molecule has 1 aliphatic heterocycles. The van der Waals surface area contributed by atoms with Crippen LogP contribution in [0.4, 0.5) is 18.9 Å². The van der Waals surface area contributed by atoms with Crippen molar-refractivity contribution < 1.29 is 22.8 Å². The van der Waals surface area contributed by atoms with Gasteiger partial charge in [-0.3, -0.25) is 9.59 Å². The van der Waals surface area contributed by atoms with E-state index in [4.69, 9.17) is 11.5 Å². The fourth-order valence-electron chi connectivity index (χ4n) is 2.47. The second kappa shape index (κ2) is 8.09. The number of aromatic nitrogens is 2. The van der Waals surface area contributed by atoms with Gasteiger partial charge in [0.15, 0.2) is 5.82 Å². The first-order valence-corrected chi connectivity index (χ1v) is 9.04. The Morgan fingerprint density at radius 2 is 2.00 bits per heavy atom. The smallest absolute Gasteiger partial charge is 0.365 e. The Hall–Kier alpha value is -3.12. The van der Waals surface area contributed by atoms with E-state index in [0.717, 1.165) is 18.0 Å². The van der Waals surface area contributed by atoms with Crippen LogP contribution in [0.3, 0.4) is 0 Å². The summed E-state index contributed by atoms with van der Waals surface area (Å²) in [6.07, 6.45) is -3.79. The zero-order valence-electron chi connectivity index (χ0n) is 14.7. The van der Waals surface area contributed by atoms with Crippen molar-refractivity contribution >= 4 is 34.8 Å². The second-order valence-corrected chi connectivity index (χ2v) is 6.87. The van der Waals surface area contributed by atoms with Gasteiger partial charge in [0.25, 0.3) is 11.8 Å². The molecular weight excluding hydrogens is 409 g/mol. The molecule has 6 N–H and O–H groups in total. The molecule has 1 aromatic carbocycles. The molecule has 0 unspecified atom stereocenters. The SMILES string of the molecule is NCCNC(=O)c1ccc2c(c1)S/C(=C(/C(N)=O)c1nccc(C(F)(F)F)n1)N2. The van der Waals surface area contributed by atoms with Crippen LogP contribution < -0.4 is 22.1 Å². The molecule has 0 saturated heterocycles. The van der Waals surface area contributed by atoms with Crippen molar-refractivity contribution in [1.29, 1.82) is 0 Å². The van der Waals surface area contributed by atoms with E-state index in [-0.39, 0.29) is 16.5 Å². The lowest BCUT2D eigenvalue weighted by atomic mass is 10.2. The second-order valence-electron chi connectivity index (χ2n) is 5.81. The summed E-state index contributed by atoms with van der Waals surface area (Å²) in [5.41, 5.74) is 10.2. The van der Waals surface area contributed by atoms with Crippen LogP contribution >= 0.6 is 11.8 Å². The number of primary amides is 1. The molecule has 2 amide bonds. The van der Waals surface area contributed by atoms with Gasteiger partial charge in [0.2, 0.25) is 0 Å². The lowest BCUT2D eigenvalue weighted by Crippen LogP contribution is -2.28. The van der Waals surface area contributed by atoms with E-state index in [0.29, 0.717) is 35.3 Å². The molecule has 3 rings (SSSR count). The Morgan fingerprint density at radius 1 is 1.24 bits per heavy atom. The number of hydrogen-bond acceptors (Lipinski definition) is 7. The Labute approximate surface area is 167 Å². The first-order valence-electron chi connectivity index (χ1n) is 8.22. The number of halogens is 3. The number of nitrogens with two attached hydrogens (primary N) is 2. The molecule has 152 valence electrons. The summed E-state index contributed by atoms with van der Waals surface area (Å²) in [5, 5.41) is 5.72. The molecule has 29 heavy (non-hydrogen) atoms. The first-order chi connectivity index (χ1) is 13.7. The number of carbonyl (C=O) groups excluding carboxylic acids is 2. The standard InChI is InChI=1S/C17H15F3N6O2S/c18-17(19,20)11-3-5-23-14(26-11)12(13(22)27)16-25-9-2-1-8(7-10(9)29-16)15(28)24-6-4-21/h1-3,5,7,25H,4,6,21H2,(H2,22,27)(H,24,28)/b16-12-. The Bertz CT molecular complexity index is 1010. The molecule has 0 radical (unpaired) electrons. The average molecular weight is 424 g/mol. The summed E-state index contributed by atoms with van der Waals surface area (Å²) in [6.45, 7) is 0.601. The number of hydrogen-bond donors (Lipinski definition) is 4. The summed E-state index contributed by atoms with van der Waals surface area (Å²) >= 11 is 1.04. The number of anilines is 1. The van der Waals surface area contributed by atoms with Crippen LogP contribution in [0.25, 0.3) is 5.57 Å². The fraction of sp³-hybridized carbons (Fsp3) is 0.176. The van der Waals surface area contributed by atoms with Crippen molar-refractivity contribution in [2.45, 2.75) is 11.1 Å². The van der Waals surface area contributed by atoms with E-state index in [1.165, 1.54) is 0 Å². The van der Waals surface area contributed by atoms with Gasteiger partial charge in [0.05, 0.1) is 10.7 Å². The van der Waals surface area contributed by atoms with Crippen LogP contribution in [0, 0.1) is 0 Å². The molecule has 8 nitrogen and oxygen atoms in total. The summed E-state index contributed by atoms with van der Waals surface area (Å²) in [5.74, 6) is -1.77. The van der Waals surface area contributed by atoms with E-state index in [2.05, 4.69) is 20.6 Å². The number of amides is 2. The van der Waals surface area contributed by atoms with Gasteiger partial charge in [-0.1, -0.05) is 11.8 Å². The van der Waals surface area contributed by atoms with Crippen molar-refractivity contribution in [3.05, 3.63) is 52.6 Å². The minimum Gasteiger partial charge on any atom is -0.365 e. The van der Waals surface area contributed by atoms with Gasteiger partial charge >= 0.3 is 6.18 Å². The maximum Gasteiger partial charge on any atom is 0.433 e. The molecule has 1 aromatic heterocycles. The number of carbonyl (C=O) groups is 2. The van der Waals surface area contributed by atoms with E-state index < -0.39 is 23.6 Å². The molecule has 0 fully saturated rings. The maximum atomic E-state index is 12.9. The molecule has 1 aliphatic rings. The fourth-order valence-corrected chi connectivity index (χ4v) is 3.56. The van der Waals surface area contributed by atoms with Crippen LogP contribution in [0.5, 0.6) is 0 Å².